The van der Waals surface area contributed by atoms with Crippen molar-refractivity contribution in [2.45, 2.75) is 11.8 Å². The summed E-state index contributed by atoms with van der Waals surface area (Å²) in [6.45, 7) is 0. The van der Waals surface area contributed by atoms with Gasteiger partial charge in [0.15, 0.2) is 0 Å². The second-order valence-electron chi connectivity index (χ2n) is 4.36. The zero-order chi connectivity index (χ0) is 15.8. The van der Waals surface area contributed by atoms with Gasteiger partial charge in [0.2, 0.25) is 0 Å². The van der Waals surface area contributed by atoms with Crippen molar-refractivity contribution in [1.29, 1.82) is 0 Å². The third kappa shape index (κ3) is 2.30. The molecule has 1 heterocycles. The minimum Gasteiger partial charge on any atom is -0.314 e. The van der Waals surface area contributed by atoms with E-state index in [2.05, 4.69) is 0 Å². The van der Waals surface area contributed by atoms with E-state index in [4.69, 9.17) is 0 Å². The Morgan fingerprint density at radius 2 is 1.81 bits per heavy atom. The quantitative estimate of drug-likeness (QED) is 0.795. The number of amides is 4. The molecule has 0 spiro atoms. The smallest absolute Gasteiger partial charge is 0.314 e. The highest BCUT2D eigenvalue weighted by Crippen LogP contribution is 2.33. The number of rotatable bonds is 2. The fourth-order valence-electron chi connectivity index (χ4n) is 1.82. The molecule has 0 unspecified atom stereocenters. The van der Waals surface area contributed by atoms with Crippen LogP contribution in [0.4, 0.5) is 18.0 Å². The minimum absolute atomic E-state index is 0.0715. The van der Waals surface area contributed by atoms with Crippen molar-refractivity contribution in [2.75, 3.05) is 7.05 Å². The van der Waals surface area contributed by atoms with E-state index >= 15 is 0 Å². The molecule has 1 aliphatic heterocycles. The largest absolute Gasteiger partial charge is 0.440 e. The van der Waals surface area contributed by atoms with Crippen LogP contribution < -0.4 is 10.6 Å². The number of benzene rings is 1. The Balaban J connectivity index is 2.38. The van der Waals surface area contributed by atoms with Crippen molar-refractivity contribution in [2.24, 2.45) is 0 Å². The summed E-state index contributed by atoms with van der Waals surface area (Å²) in [5, 5.41) is 3.06. The third-order valence-electron chi connectivity index (χ3n) is 2.99. The Labute approximate surface area is 116 Å². The van der Waals surface area contributed by atoms with Crippen LogP contribution >= 0.6 is 0 Å². The fourth-order valence-corrected chi connectivity index (χ4v) is 1.82. The number of likely N-dealkylation sites (N-methyl/N-ethyl adjacent to an activating group) is 1. The molecule has 1 aliphatic rings. The summed E-state index contributed by atoms with van der Waals surface area (Å²) in [6, 6.07) is 5.80. The van der Waals surface area contributed by atoms with E-state index in [0.717, 1.165) is 7.05 Å². The highest BCUT2D eigenvalue weighted by atomic mass is 19.4. The van der Waals surface area contributed by atoms with Crippen LogP contribution in [0, 0.1) is 0 Å². The van der Waals surface area contributed by atoms with Crippen LogP contribution in [-0.2, 0) is 4.79 Å². The molecule has 9 heteroatoms. The van der Waals surface area contributed by atoms with Crippen LogP contribution in [0.5, 0.6) is 0 Å². The molecular formula is C12H10F3N3O3. The van der Waals surface area contributed by atoms with Crippen molar-refractivity contribution in [3.05, 3.63) is 35.9 Å². The molecule has 0 saturated carbocycles. The lowest BCUT2D eigenvalue weighted by Crippen LogP contribution is -2.69. The molecular weight excluding hydrogens is 291 g/mol. The zero-order valence-corrected chi connectivity index (χ0v) is 10.7. The SMILES string of the molecule is CN1C(=O)N[C@](NC(=O)c2ccccc2)(C(F)(F)F)C1=O. The van der Waals surface area contributed by atoms with Gasteiger partial charge in [0, 0.05) is 12.6 Å². The van der Waals surface area contributed by atoms with Gasteiger partial charge in [-0.15, -0.1) is 0 Å². The number of alkyl halides is 3. The molecule has 0 radical (unpaired) electrons. The number of nitrogens with one attached hydrogen (secondary N) is 2. The first-order valence-electron chi connectivity index (χ1n) is 5.73. The molecule has 1 saturated heterocycles. The lowest BCUT2D eigenvalue weighted by Gasteiger charge is -2.29. The van der Waals surface area contributed by atoms with Crippen LogP contribution in [-0.4, -0.2) is 41.6 Å². The standard InChI is InChI=1S/C12H10F3N3O3/c1-18-9(20)11(12(13,14)15,17-10(18)21)16-8(19)7-5-3-2-4-6-7/h2-6H,1H3,(H,16,19)(H,17,21)/t11-/m0/s1. The van der Waals surface area contributed by atoms with Crippen LogP contribution in [0.3, 0.4) is 0 Å². The second kappa shape index (κ2) is 4.76. The van der Waals surface area contributed by atoms with Crippen molar-refractivity contribution < 1.29 is 27.6 Å². The highest BCUT2D eigenvalue weighted by Gasteiger charge is 2.68. The lowest BCUT2D eigenvalue weighted by atomic mass is 10.1. The molecule has 0 aliphatic carbocycles. The molecule has 21 heavy (non-hydrogen) atoms. The molecule has 6 nitrogen and oxygen atoms in total. The molecule has 1 fully saturated rings. The lowest BCUT2D eigenvalue weighted by molar-refractivity contribution is -0.199. The van der Waals surface area contributed by atoms with Crippen molar-refractivity contribution in [1.82, 2.24) is 15.5 Å². The Kier molecular flexibility index (Phi) is 3.36. The number of halogens is 3. The number of urea groups is 1. The predicted molar refractivity (Wildman–Crippen MR) is 64.0 cm³/mol. The van der Waals surface area contributed by atoms with Crippen LogP contribution in [0.15, 0.2) is 30.3 Å². The number of hydrogen-bond donors (Lipinski definition) is 2. The summed E-state index contributed by atoms with van der Waals surface area (Å²) >= 11 is 0. The maximum absolute atomic E-state index is 13.2. The zero-order valence-electron chi connectivity index (χ0n) is 10.7. The van der Waals surface area contributed by atoms with E-state index in [0.29, 0.717) is 0 Å². The summed E-state index contributed by atoms with van der Waals surface area (Å²) in [4.78, 5) is 35.2. The van der Waals surface area contributed by atoms with E-state index in [9.17, 15) is 27.6 Å². The second-order valence-corrected chi connectivity index (χ2v) is 4.36. The Morgan fingerprint density at radius 3 is 2.24 bits per heavy atom. The van der Waals surface area contributed by atoms with Gasteiger partial charge >= 0.3 is 12.2 Å². The van der Waals surface area contributed by atoms with Crippen molar-refractivity contribution >= 4 is 17.8 Å². The van der Waals surface area contributed by atoms with Crippen molar-refractivity contribution in [3.63, 3.8) is 0 Å². The van der Waals surface area contributed by atoms with Gasteiger partial charge in [0.05, 0.1) is 0 Å². The number of carbonyl (C=O) groups is 3. The maximum Gasteiger partial charge on any atom is 0.440 e. The molecule has 0 bridgehead atoms. The first kappa shape index (κ1) is 14.8. The summed E-state index contributed by atoms with van der Waals surface area (Å²) < 4.78 is 39.6. The average molecular weight is 301 g/mol. The van der Waals surface area contributed by atoms with E-state index in [1.54, 1.807) is 11.4 Å². The molecule has 1 atom stereocenters. The normalized spacial score (nSPS) is 22.2. The topological polar surface area (TPSA) is 78.5 Å². The number of imide groups is 1. The molecule has 1 aromatic rings. The number of nitrogens with zero attached hydrogens (tertiary/aromatic N) is 1. The summed E-state index contributed by atoms with van der Waals surface area (Å²) in [5.74, 6) is -2.72. The Bertz CT molecular complexity index is 603. The molecule has 112 valence electrons. The maximum atomic E-state index is 13.2. The van der Waals surface area contributed by atoms with Gasteiger partial charge < -0.3 is 5.32 Å². The molecule has 0 aromatic heterocycles. The predicted octanol–water partition coefficient (Wildman–Crippen LogP) is 0.857. The van der Waals surface area contributed by atoms with E-state index in [1.165, 1.54) is 29.6 Å². The van der Waals surface area contributed by atoms with Gasteiger partial charge in [-0.2, -0.15) is 13.2 Å². The fraction of sp³-hybridized carbons (Fsp3) is 0.250. The van der Waals surface area contributed by atoms with Crippen LogP contribution in [0.1, 0.15) is 10.4 Å². The van der Waals surface area contributed by atoms with Crippen LogP contribution in [0.25, 0.3) is 0 Å². The Morgan fingerprint density at radius 1 is 1.24 bits per heavy atom. The summed E-state index contributed by atoms with van der Waals surface area (Å²) in [5.41, 5.74) is -3.52. The average Bonchev–Trinajstić information content (AvgIpc) is 2.64. The molecule has 2 rings (SSSR count). The summed E-state index contributed by atoms with van der Waals surface area (Å²) in [6.07, 6.45) is -5.19. The minimum atomic E-state index is -5.19. The van der Waals surface area contributed by atoms with Crippen LogP contribution in [0.2, 0.25) is 0 Å². The molecule has 1 aromatic carbocycles. The molecule has 2 N–H and O–H groups in total. The molecule has 4 amide bonds. The van der Waals surface area contributed by atoms with Gasteiger partial charge in [-0.1, -0.05) is 18.2 Å². The Hall–Kier alpha value is -2.58. The first-order valence-corrected chi connectivity index (χ1v) is 5.73. The van der Waals surface area contributed by atoms with E-state index in [1.807, 2.05) is 0 Å². The number of carbonyl (C=O) groups excluding carboxylic acids is 3. The van der Waals surface area contributed by atoms with Gasteiger partial charge in [0.1, 0.15) is 0 Å². The summed E-state index contributed by atoms with van der Waals surface area (Å²) in [7, 11) is 0.889. The monoisotopic (exact) mass is 301 g/mol. The van der Waals surface area contributed by atoms with Gasteiger partial charge in [-0.25, -0.2) is 4.79 Å². The third-order valence-corrected chi connectivity index (χ3v) is 2.99. The van der Waals surface area contributed by atoms with Gasteiger partial charge in [0.25, 0.3) is 17.5 Å². The highest BCUT2D eigenvalue weighted by molar-refractivity contribution is 6.10. The van der Waals surface area contributed by atoms with Gasteiger partial charge in [-0.05, 0) is 12.1 Å². The number of hydrogen-bond acceptors (Lipinski definition) is 3. The van der Waals surface area contributed by atoms with Gasteiger partial charge in [-0.3, -0.25) is 19.8 Å². The first-order chi connectivity index (χ1) is 9.69. The van der Waals surface area contributed by atoms with Crippen molar-refractivity contribution in [3.8, 4) is 0 Å². The van der Waals surface area contributed by atoms with E-state index < -0.39 is 29.7 Å². The van der Waals surface area contributed by atoms with E-state index in [-0.39, 0.29) is 10.5 Å².